The number of hydrogen-bond acceptors (Lipinski definition) is 3. The van der Waals surface area contributed by atoms with E-state index in [0.717, 1.165) is 25.8 Å². The Morgan fingerprint density at radius 3 is 2.78 bits per heavy atom. The molecule has 2 aliphatic rings. The molecule has 0 radical (unpaired) electrons. The van der Waals surface area contributed by atoms with Crippen LogP contribution in [-0.4, -0.2) is 42.9 Å². The van der Waals surface area contributed by atoms with Gasteiger partial charge in [-0.3, -0.25) is 9.59 Å². The van der Waals surface area contributed by atoms with Crippen molar-refractivity contribution >= 4 is 11.8 Å². The quantitative estimate of drug-likeness (QED) is 0.738. The second-order valence-corrected chi connectivity index (χ2v) is 5.52. The van der Waals surface area contributed by atoms with E-state index >= 15 is 0 Å². The normalized spacial score (nSPS) is 31.0. The van der Waals surface area contributed by atoms with Gasteiger partial charge in [-0.25, -0.2) is 0 Å². The van der Waals surface area contributed by atoms with Crippen molar-refractivity contribution < 1.29 is 9.59 Å². The molecule has 3 N–H and O–H groups in total. The largest absolute Gasteiger partial charge is 0.355 e. The highest BCUT2D eigenvalue weighted by atomic mass is 16.2. The minimum Gasteiger partial charge on any atom is -0.355 e. The van der Waals surface area contributed by atoms with Crippen LogP contribution in [0.4, 0.5) is 0 Å². The number of likely N-dealkylation sites (tertiary alicyclic amines) is 1. The van der Waals surface area contributed by atoms with Crippen LogP contribution in [0, 0.1) is 17.8 Å². The lowest BCUT2D eigenvalue weighted by molar-refractivity contribution is -0.137. The highest BCUT2D eigenvalue weighted by Gasteiger charge is 2.42. The number of nitrogens with zero attached hydrogens (tertiary/aromatic N) is 1. The number of amides is 2. The molecule has 2 amide bonds. The van der Waals surface area contributed by atoms with Crippen molar-refractivity contribution in [3.63, 3.8) is 0 Å². The van der Waals surface area contributed by atoms with Gasteiger partial charge in [0.25, 0.3) is 0 Å². The zero-order valence-corrected chi connectivity index (χ0v) is 11.0. The molecular weight excluding hydrogens is 230 g/mol. The third-order valence-electron chi connectivity index (χ3n) is 3.97. The first-order chi connectivity index (χ1) is 8.63. The molecule has 5 heteroatoms. The zero-order chi connectivity index (χ0) is 13.1. The Kier molecular flexibility index (Phi) is 4.22. The zero-order valence-electron chi connectivity index (χ0n) is 11.0. The summed E-state index contributed by atoms with van der Waals surface area (Å²) < 4.78 is 0. The fourth-order valence-corrected chi connectivity index (χ4v) is 2.63. The first-order valence-corrected chi connectivity index (χ1v) is 6.90. The predicted octanol–water partition coefficient (Wildman–Crippen LogP) is -0.0441. The molecule has 1 saturated carbocycles. The summed E-state index contributed by atoms with van der Waals surface area (Å²) >= 11 is 0. The van der Waals surface area contributed by atoms with Gasteiger partial charge in [-0.2, -0.15) is 0 Å². The van der Waals surface area contributed by atoms with Gasteiger partial charge in [0, 0.05) is 32.1 Å². The van der Waals surface area contributed by atoms with E-state index in [1.165, 1.54) is 0 Å². The van der Waals surface area contributed by atoms with Gasteiger partial charge in [-0.15, -0.1) is 0 Å². The van der Waals surface area contributed by atoms with E-state index in [4.69, 9.17) is 5.73 Å². The lowest BCUT2D eigenvalue weighted by atomic mass is 9.96. The van der Waals surface area contributed by atoms with Crippen LogP contribution < -0.4 is 11.1 Å². The summed E-state index contributed by atoms with van der Waals surface area (Å²) in [5, 5.41) is 2.81. The highest BCUT2D eigenvalue weighted by Crippen LogP contribution is 2.39. The summed E-state index contributed by atoms with van der Waals surface area (Å²) in [6.45, 7) is 4.47. The van der Waals surface area contributed by atoms with E-state index in [1.807, 2.05) is 4.90 Å². The van der Waals surface area contributed by atoms with Crippen molar-refractivity contribution in [3.8, 4) is 0 Å². The Labute approximate surface area is 108 Å². The van der Waals surface area contributed by atoms with Crippen molar-refractivity contribution in [1.29, 1.82) is 0 Å². The molecule has 18 heavy (non-hydrogen) atoms. The van der Waals surface area contributed by atoms with Crippen molar-refractivity contribution in [2.45, 2.75) is 26.2 Å². The molecule has 102 valence electrons. The Balaban J connectivity index is 1.84. The van der Waals surface area contributed by atoms with Gasteiger partial charge in [0.1, 0.15) is 0 Å². The number of nitrogens with one attached hydrogen (secondary N) is 1. The molecule has 3 atom stereocenters. The van der Waals surface area contributed by atoms with E-state index in [0.29, 0.717) is 25.6 Å². The molecule has 2 rings (SSSR count). The SMILES string of the molecule is CC1CC1C(=O)N1CCCC(C(=O)NCCN)C1. The van der Waals surface area contributed by atoms with Gasteiger partial charge in [0.05, 0.1) is 5.92 Å². The fraction of sp³-hybridized carbons (Fsp3) is 0.846. The average Bonchev–Trinajstić information content (AvgIpc) is 3.12. The van der Waals surface area contributed by atoms with Crippen LogP contribution >= 0.6 is 0 Å². The second-order valence-electron chi connectivity index (χ2n) is 5.52. The number of rotatable bonds is 4. The van der Waals surface area contributed by atoms with Gasteiger partial charge in [-0.05, 0) is 25.2 Å². The van der Waals surface area contributed by atoms with Gasteiger partial charge < -0.3 is 16.0 Å². The Hall–Kier alpha value is -1.10. The average molecular weight is 253 g/mol. The summed E-state index contributed by atoms with van der Waals surface area (Å²) in [5.41, 5.74) is 5.37. The summed E-state index contributed by atoms with van der Waals surface area (Å²) in [6, 6.07) is 0. The summed E-state index contributed by atoms with van der Waals surface area (Å²) in [4.78, 5) is 25.9. The first-order valence-electron chi connectivity index (χ1n) is 6.90. The molecule has 0 bridgehead atoms. The van der Waals surface area contributed by atoms with Gasteiger partial charge in [0.2, 0.25) is 11.8 Å². The maximum Gasteiger partial charge on any atom is 0.225 e. The molecule has 2 fully saturated rings. The molecular formula is C13H23N3O2. The number of nitrogens with two attached hydrogens (primary N) is 1. The maximum atomic E-state index is 12.1. The van der Waals surface area contributed by atoms with Crippen LogP contribution in [-0.2, 0) is 9.59 Å². The standard InChI is InChI=1S/C13H23N3O2/c1-9-7-11(9)13(18)16-6-2-3-10(8-16)12(17)15-5-4-14/h9-11H,2-8,14H2,1H3,(H,15,17). The lowest BCUT2D eigenvalue weighted by Crippen LogP contribution is -2.46. The number of carbonyl (C=O) groups excluding carboxylic acids is 2. The second kappa shape index (κ2) is 5.69. The van der Waals surface area contributed by atoms with E-state index in [1.54, 1.807) is 0 Å². The van der Waals surface area contributed by atoms with Crippen molar-refractivity contribution in [3.05, 3.63) is 0 Å². The van der Waals surface area contributed by atoms with Crippen LogP contribution in [0.1, 0.15) is 26.2 Å². The number of hydrogen-bond donors (Lipinski definition) is 2. The van der Waals surface area contributed by atoms with E-state index < -0.39 is 0 Å². The molecule has 1 aliphatic carbocycles. The van der Waals surface area contributed by atoms with E-state index in [9.17, 15) is 9.59 Å². The van der Waals surface area contributed by atoms with Gasteiger partial charge in [-0.1, -0.05) is 6.92 Å². The molecule has 3 unspecified atom stereocenters. The number of piperidine rings is 1. The fourth-order valence-electron chi connectivity index (χ4n) is 2.63. The van der Waals surface area contributed by atoms with Crippen molar-refractivity contribution in [2.75, 3.05) is 26.2 Å². The van der Waals surface area contributed by atoms with Crippen LogP contribution in [0.15, 0.2) is 0 Å². The summed E-state index contributed by atoms with van der Waals surface area (Å²) in [5.74, 6) is 0.990. The molecule has 0 spiro atoms. The van der Waals surface area contributed by atoms with Crippen LogP contribution in [0.3, 0.4) is 0 Å². The molecule has 0 aromatic heterocycles. The van der Waals surface area contributed by atoms with Crippen molar-refractivity contribution in [2.24, 2.45) is 23.5 Å². The molecule has 1 heterocycles. The van der Waals surface area contributed by atoms with Gasteiger partial charge >= 0.3 is 0 Å². The van der Waals surface area contributed by atoms with E-state index in [2.05, 4.69) is 12.2 Å². The third-order valence-corrected chi connectivity index (χ3v) is 3.97. The summed E-state index contributed by atoms with van der Waals surface area (Å²) in [6.07, 6.45) is 2.81. The Bertz CT molecular complexity index is 332. The predicted molar refractivity (Wildman–Crippen MR) is 68.6 cm³/mol. The Morgan fingerprint density at radius 2 is 2.17 bits per heavy atom. The Morgan fingerprint density at radius 1 is 1.44 bits per heavy atom. The first kappa shape index (κ1) is 13.3. The van der Waals surface area contributed by atoms with Gasteiger partial charge in [0.15, 0.2) is 0 Å². The van der Waals surface area contributed by atoms with Crippen LogP contribution in [0.2, 0.25) is 0 Å². The minimum absolute atomic E-state index is 0.0433. The topological polar surface area (TPSA) is 75.4 Å². The highest BCUT2D eigenvalue weighted by molar-refractivity contribution is 5.83. The molecule has 0 aromatic carbocycles. The van der Waals surface area contributed by atoms with Crippen LogP contribution in [0.25, 0.3) is 0 Å². The minimum atomic E-state index is -0.0525. The summed E-state index contributed by atoms with van der Waals surface area (Å²) in [7, 11) is 0. The smallest absolute Gasteiger partial charge is 0.225 e. The third kappa shape index (κ3) is 3.02. The molecule has 1 aliphatic heterocycles. The van der Waals surface area contributed by atoms with E-state index in [-0.39, 0.29) is 23.7 Å². The lowest BCUT2D eigenvalue weighted by Gasteiger charge is -2.32. The van der Waals surface area contributed by atoms with Crippen molar-refractivity contribution in [1.82, 2.24) is 10.2 Å². The molecule has 1 saturated heterocycles. The monoisotopic (exact) mass is 253 g/mol. The molecule has 0 aromatic rings. The maximum absolute atomic E-state index is 12.1. The van der Waals surface area contributed by atoms with Crippen LogP contribution in [0.5, 0.6) is 0 Å². The number of carbonyl (C=O) groups is 2. The molecule has 5 nitrogen and oxygen atoms in total.